The Balaban J connectivity index is 1.57. The molecule has 4 rings (SSSR count). The summed E-state index contributed by atoms with van der Waals surface area (Å²) in [7, 11) is 1.66. The average molecular weight is 500 g/mol. The molecule has 0 aliphatic carbocycles. The number of aliphatic carboxylic acids is 1. The van der Waals surface area contributed by atoms with Crippen molar-refractivity contribution in [3.63, 3.8) is 0 Å². The molecular formula is C24H29N5O5S. The number of fused-ring (bicyclic) bond motifs is 1. The van der Waals surface area contributed by atoms with Crippen molar-refractivity contribution in [1.82, 2.24) is 25.1 Å². The quantitative estimate of drug-likeness (QED) is 0.570. The van der Waals surface area contributed by atoms with E-state index in [1.54, 1.807) is 28.3 Å². The summed E-state index contributed by atoms with van der Waals surface area (Å²) in [6.07, 6.45) is -0.334. The van der Waals surface area contributed by atoms with Crippen molar-refractivity contribution in [3.8, 4) is 0 Å². The van der Waals surface area contributed by atoms with Crippen molar-refractivity contribution in [3.05, 3.63) is 58.3 Å². The van der Waals surface area contributed by atoms with Crippen LogP contribution in [0.2, 0.25) is 0 Å². The van der Waals surface area contributed by atoms with E-state index >= 15 is 0 Å². The van der Waals surface area contributed by atoms with Gasteiger partial charge in [0.25, 0.3) is 0 Å². The van der Waals surface area contributed by atoms with Crippen molar-refractivity contribution >= 4 is 35.2 Å². The fraction of sp³-hybridized carbons (Fsp3) is 0.417. The lowest BCUT2D eigenvalue weighted by atomic mass is 10.0. The number of nitrogens with one attached hydrogen (secondary N) is 1. The largest absolute Gasteiger partial charge is 0.481 e. The number of amides is 4. The molecule has 0 spiro atoms. The van der Waals surface area contributed by atoms with Crippen LogP contribution in [0, 0.1) is 0 Å². The molecule has 10 nitrogen and oxygen atoms in total. The lowest BCUT2D eigenvalue weighted by molar-refractivity contribution is -0.187. The maximum absolute atomic E-state index is 13.4. The number of likely N-dealkylation sites (N-methyl/N-ethyl adjacent to an activating group) is 1. The molecule has 2 atom stereocenters. The fourth-order valence-electron chi connectivity index (χ4n) is 4.60. The average Bonchev–Trinajstić information content (AvgIpc) is 3.35. The van der Waals surface area contributed by atoms with Crippen LogP contribution in [-0.2, 0) is 27.3 Å². The summed E-state index contributed by atoms with van der Waals surface area (Å²) in [6, 6.07) is 12.1. The maximum Gasteiger partial charge on any atom is 0.334 e. The normalized spacial score (nSPS) is 20.7. The second-order valence-corrected chi connectivity index (χ2v) is 9.68. The minimum atomic E-state index is -1.04. The van der Waals surface area contributed by atoms with Crippen LogP contribution in [-0.4, -0.2) is 87.6 Å². The molecule has 186 valence electrons. The van der Waals surface area contributed by atoms with E-state index in [0.29, 0.717) is 19.5 Å². The molecule has 2 fully saturated rings. The van der Waals surface area contributed by atoms with Gasteiger partial charge in [-0.3, -0.25) is 14.4 Å². The maximum atomic E-state index is 13.4. The van der Waals surface area contributed by atoms with Gasteiger partial charge in [-0.05, 0) is 29.9 Å². The minimum absolute atomic E-state index is 0.00486. The van der Waals surface area contributed by atoms with Crippen LogP contribution >= 0.6 is 11.3 Å². The van der Waals surface area contributed by atoms with Gasteiger partial charge in [0, 0.05) is 31.4 Å². The second-order valence-electron chi connectivity index (χ2n) is 8.65. The van der Waals surface area contributed by atoms with E-state index in [1.807, 2.05) is 47.8 Å². The fourth-order valence-corrected chi connectivity index (χ4v) is 5.30. The summed E-state index contributed by atoms with van der Waals surface area (Å²) in [5.74, 6) is -1.61. The molecule has 1 unspecified atom stereocenters. The van der Waals surface area contributed by atoms with Crippen molar-refractivity contribution < 1.29 is 24.3 Å². The monoisotopic (exact) mass is 499 g/mol. The number of urea groups is 1. The molecule has 0 saturated carbocycles. The smallest absolute Gasteiger partial charge is 0.334 e. The van der Waals surface area contributed by atoms with Crippen molar-refractivity contribution in [2.24, 2.45) is 0 Å². The van der Waals surface area contributed by atoms with Crippen LogP contribution in [0.4, 0.5) is 4.79 Å². The van der Waals surface area contributed by atoms with Gasteiger partial charge in [-0.15, -0.1) is 11.3 Å². The molecule has 2 aliphatic rings. The second kappa shape index (κ2) is 10.9. The van der Waals surface area contributed by atoms with E-state index in [4.69, 9.17) is 0 Å². The third kappa shape index (κ3) is 5.63. The zero-order chi connectivity index (χ0) is 24.9. The Morgan fingerprint density at radius 1 is 1.14 bits per heavy atom. The van der Waals surface area contributed by atoms with Crippen LogP contribution in [0.25, 0.3) is 0 Å². The molecule has 2 aromatic rings. The van der Waals surface area contributed by atoms with Gasteiger partial charge in [0.15, 0.2) is 0 Å². The van der Waals surface area contributed by atoms with Gasteiger partial charge in [0.05, 0.1) is 13.1 Å². The Morgan fingerprint density at radius 3 is 2.60 bits per heavy atom. The van der Waals surface area contributed by atoms with Crippen LogP contribution in [0.1, 0.15) is 23.3 Å². The number of hydrogen-bond acceptors (Lipinski definition) is 6. The molecule has 2 N–H and O–H groups in total. The van der Waals surface area contributed by atoms with E-state index in [0.717, 1.165) is 10.4 Å². The molecule has 11 heteroatoms. The molecule has 2 aliphatic heterocycles. The van der Waals surface area contributed by atoms with Gasteiger partial charge >= 0.3 is 12.0 Å². The highest BCUT2D eigenvalue weighted by molar-refractivity contribution is 7.09. The highest BCUT2D eigenvalue weighted by Gasteiger charge is 2.50. The number of carbonyl (C=O) groups is 4. The van der Waals surface area contributed by atoms with Crippen LogP contribution in [0.5, 0.6) is 0 Å². The predicted octanol–water partition coefficient (Wildman–Crippen LogP) is 1.59. The summed E-state index contributed by atoms with van der Waals surface area (Å²) in [5, 5.41) is 17.1. The number of thiophene rings is 1. The first-order chi connectivity index (χ1) is 16.8. The topological polar surface area (TPSA) is 114 Å². The summed E-state index contributed by atoms with van der Waals surface area (Å²) in [6.45, 7) is 0.808. The number of hydrazine groups is 1. The Hall–Kier alpha value is -3.44. The summed E-state index contributed by atoms with van der Waals surface area (Å²) < 4.78 is 0. The number of benzene rings is 1. The molecule has 2 saturated heterocycles. The summed E-state index contributed by atoms with van der Waals surface area (Å²) in [5.41, 5.74) is 0.934. The lowest BCUT2D eigenvalue weighted by Crippen LogP contribution is -2.76. The van der Waals surface area contributed by atoms with E-state index in [1.165, 1.54) is 9.91 Å². The first-order valence-electron chi connectivity index (χ1n) is 11.5. The van der Waals surface area contributed by atoms with Gasteiger partial charge in [-0.2, -0.15) is 0 Å². The van der Waals surface area contributed by atoms with Crippen molar-refractivity contribution in [1.29, 1.82) is 0 Å². The molecule has 3 heterocycles. The number of carboxylic acids is 1. The molecule has 0 bridgehead atoms. The number of piperazine rings is 1. The number of rotatable bonds is 8. The highest BCUT2D eigenvalue weighted by Crippen LogP contribution is 2.28. The molecular weight excluding hydrogens is 470 g/mol. The molecule has 1 aromatic carbocycles. The summed E-state index contributed by atoms with van der Waals surface area (Å²) >= 11 is 1.60. The van der Waals surface area contributed by atoms with Gasteiger partial charge in [0.2, 0.25) is 11.8 Å². The van der Waals surface area contributed by atoms with Gasteiger partial charge < -0.3 is 20.2 Å². The Bertz CT molecular complexity index is 1060. The molecule has 0 radical (unpaired) electrons. The Kier molecular flexibility index (Phi) is 7.67. The standard InChI is InChI=1S/C24H29N5O5S/c1-26-16-21(30)28-19(9-10-22(31)32)23(33)27(12-11-18-8-5-13-35-18)15-20(28)29(26)24(34)25-14-17-6-3-2-4-7-17/h2-8,13,19-20H,9-12,14-16H2,1H3,(H,25,34)(H,31,32)/t19-,20?/m0/s1. The molecule has 35 heavy (non-hydrogen) atoms. The number of nitrogens with zero attached hydrogens (tertiary/aromatic N) is 4. The van der Waals surface area contributed by atoms with Crippen molar-refractivity contribution in [2.75, 3.05) is 26.7 Å². The van der Waals surface area contributed by atoms with Crippen LogP contribution in [0.15, 0.2) is 47.8 Å². The van der Waals surface area contributed by atoms with Gasteiger partial charge in [-0.1, -0.05) is 36.4 Å². The van der Waals surface area contributed by atoms with Crippen molar-refractivity contribution in [2.45, 2.75) is 38.0 Å². The zero-order valence-corrected chi connectivity index (χ0v) is 20.3. The molecule has 4 amide bonds. The van der Waals surface area contributed by atoms with Gasteiger partial charge in [-0.25, -0.2) is 14.8 Å². The molecule has 1 aromatic heterocycles. The SMILES string of the molecule is CN1CC(=O)N2C(CN(CCc3cccs3)C(=O)[C@@H]2CCC(=O)O)N1C(=O)NCc1ccccc1. The Labute approximate surface area is 207 Å². The number of hydrogen-bond donors (Lipinski definition) is 2. The lowest BCUT2D eigenvalue weighted by Gasteiger charge is -2.54. The summed E-state index contributed by atoms with van der Waals surface area (Å²) in [4.78, 5) is 55.2. The minimum Gasteiger partial charge on any atom is -0.481 e. The third-order valence-electron chi connectivity index (χ3n) is 6.27. The predicted molar refractivity (Wildman–Crippen MR) is 129 cm³/mol. The van der Waals surface area contributed by atoms with E-state index in [-0.39, 0.29) is 43.8 Å². The van der Waals surface area contributed by atoms with E-state index in [9.17, 15) is 24.3 Å². The van der Waals surface area contributed by atoms with E-state index in [2.05, 4.69) is 5.32 Å². The van der Waals surface area contributed by atoms with Crippen LogP contribution < -0.4 is 5.32 Å². The number of carboxylic acid groups (broad SMARTS) is 1. The highest BCUT2D eigenvalue weighted by atomic mass is 32.1. The van der Waals surface area contributed by atoms with E-state index < -0.39 is 18.2 Å². The first kappa shape index (κ1) is 24.7. The third-order valence-corrected chi connectivity index (χ3v) is 7.21. The number of carbonyl (C=O) groups excluding carboxylic acids is 3. The Morgan fingerprint density at radius 2 is 1.91 bits per heavy atom. The first-order valence-corrected chi connectivity index (χ1v) is 12.4. The van der Waals surface area contributed by atoms with Crippen LogP contribution in [0.3, 0.4) is 0 Å². The van der Waals surface area contributed by atoms with Gasteiger partial charge in [0.1, 0.15) is 12.2 Å². The zero-order valence-electron chi connectivity index (χ0n) is 19.5.